The highest BCUT2D eigenvalue weighted by atomic mass is 79.9. The van der Waals surface area contributed by atoms with E-state index >= 15 is 0 Å². The molecule has 0 atom stereocenters. The maximum absolute atomic E-state index is 10.4. The molecule has 0 saturated heterocycles. The molecule has 13 heavy (non-hydrogen) atoms. The highest BCUT2D eigenvalue weighted by Crippen LogP contribution is 2.16. The number of hydrogen-bond donors (Lipinski definition) is 0. The first kappa shape index (κ1) is 10.3. The van der Waals surface area contributed by atoms with E-state index in [1.807, 2.05) is 25.1 Å². The van der Waals surface area contributed by atoms with Crippen LogP contribution in [0.25, 0.3) is 0 Å². The van der Waals surface area contributed by atoms with Gasteiger partial charge in [0, 0.05) is 18.1 Å². The number of amides is 1. The molecule has 0 unspecified atom stereocenters. The molecule has 0 N–H and O–H groups in total. The maximum Gasteiger partial charge on any atom is 0.209 e. The van der Waals surface area contributed by atoms with Crippen molar-refractivity contribution in [2.45, 2.75) is 13.5 Å². The molecule has 0 heterocycles. The van der Waals surface area contributed by atoms with Crippen LogP contribution in [0.4, 0.5) is 0 Å². The van der Waals surface area contributed by atoms with Crippen molar-refractivity contribution in [3.8, 4) is 0 Å². The largest absolute Gasteiger partial charge is 0.344 e. The van der Waals surface area contributed by atoms with E-state index in [-0.39, 0.29) is 0 Å². The lowest BCUT2D eigenvalue weighted by molar-refractivity contribution is -0.117. The molecule has 0 aliphatic heterocycles. The minimum atomic E-state index is 0.661. The second kappa shape index (κ2) is 4.42. The van der Waals surface area contributed by atoms with Gasteiger partial charge < -0.3 is 4.90 Å². The smallest absolute Gasteiger partial charge is 0.209 e. The van der Waals surface area contributed by atoms with Crippen LogP contribution in [0.3, 0.4) is 0 Å². The molecular formula is C10H12BrNO. The minimum absolute atomic E-state index is 0.661. The summed E-state index contributed by atoms with van der Waals surface area (Å²) in [7, 11) is 1.77. The number of benzene rings is 1. The SMILES string of the molecule is Cc1ccc(Br)cc1CN(C)C=O. The fourth-order valence-corrected chi connectivity index (χ4v) is 1.52. The first-order valence-electron chi connectivity index (χ1n) is 4.04. The summed E-state index contributed by atoms with van der Waals surface area (Å²) in [4.78, 5) is 12.0. The third kappa shape index (κ3) is 2.84. The predicted octanol–water partition coefficient (Wildman–Crippen LogP) is 2.35. The monoisotopic (exact) mass is 241 g/mol. The Labute approximate surface area is 86.7 Å². The lowest BCUT2D eigenvalue weighted by atomic mass is 10.1. The molecule has 1 aromatic carbocycles. The number of carbonyl (C=O) groups excluding carboxylic acids is 1. The minimum Gasteiger partial charge on any atom is -0.344 e. The molecule has 1 rings (SSSR count). The summed E-state index contributed by atoms with van der Waals surface area (Å²) in [6.45, 7) is 2.70. The van der Waals surface area contributed by atoms with Gasteiger partial charge in [-0.1, -0.05) is 22.0 Å². The van der Waals surface area contributed by atoms with Crippen molar-refractivity contribution in [1.29, 1.82) is 0 Å². The van der Waals surface area contributed by atoms with E-state index in [2.05, 4.69) is 15.9 Å². The highest BCUT2D eigenvalue weighted by Gasteiger charge is 2.01. The molecule has 0 radical (unpaired) electrons. The van der Waals surface area contributed by atoms with Crippen molar-refractivity contribution in [1.82, 2.24) is 4.90 Å². The standard InChI is InChI=1S/C10H12BrNO/c1-8-3-4-10(11)5-9(8)6-12(2)7-13/h3-5,7H,6H2,1-2H3. The van der Waals surface area contributed by atoms with Crippen molar-refractivity contribution in [3.63, 3.8) is 0 Å². The van der Waals surface area contributed by atoms with E-state index in [0.29, 0.717) is 6.54 Å². The number of hydrogen-bond acceptors (Lipinski definition) is 1. The number of nitrogens with zero attached hydrogens (tertiary/aromatic N) is 1. The first-order chi connectivity index (χ1) is 6.13. The topological polar surface area (TPSA) is 20.3 Å². The third-order valence-corrected chi connectivity index (χ3v) is 2.40. The van der Waals surface area contributed by atoms with Crippen molar-refractivity contribution in [2.75, 3.05) is 7.05 Å². The van der Waals surface area contributed by atoms with Gasteiger partial charge >= 0.3 is 0 Å². The number of rotatable bonds is 3. The van der Waals surface area contributed by atoms with Crippen LogP contribution in [0, 0.1) is 6.92 Å². The lowest BCUT2D eigenvalue weighted by Gasteiger charge is -2.12. The van der Waals surface area contributed by atoms with Gasteiger partial charge in [0.25, 0.3) is 0 Å². The predicted molar refractivity (Wildman–Crippen MR) is 56.4 cm³/mol. The Kier molecular flexibility index (Phi) is 3.48. The van der Waals surface area contributed by atoms with Crippen molar-refractivity contribution >= 4 is 22.3 Å². The second-order valence-corrected chi connectivity index (χ2v) is 4.01. The molecule has 3 heteroatoms. The van der Waals surface area contributed by atoms with Crippen LogP contribution in [0.1, 0.15) is 11.1 Å². The van der Waals surface area contributed by atoms with Gasteiger partial charge in [-0.15, -0.1) is 0 Å². The Morgan fingerprint density at radius 3 is 2.85 bits per heavy atom. The average molecular weight is 242 g/mol. The quantitative estimate of drug-likeness (QED) is 0.745. The van der Waals surface area contributed by atoms with Crippen LogP contribution in [0.15, 0.2) is 22.7 Å². The average Bonchev–Trinajstić information content (AvgIpc) is 2.11. The summed E-state index contributed by atoms with van der Waals surface area (Å²) in [5, 5.41) is 0. The molecule has 0 aliphatic carbocycles. The summed E-state index contributed by atoms with van der Waals surface area (Å²) in [5.41, 5.74) is 2.38. The Morgan fingerprint density at radius 2 is 2.23 bits per heavy atom. The summed E-state index contributed by atoms with van der Waals surface area (Å²) < 4.78 is 1.05. The number of halogens is 1. The van der Waals surface area contributed by atoms with E-state index in [1.165, 1.54) is 11.1 Å². The second-order valence-electron chi connectivity index (χ2n) is 3.09. The fraction of sp³-hybridized carbons (Fsp3) is 0.300. The summed E-state index contributed by atoms with van der Waals surface area (Å²) in [6.07, 6.45) is 0.834. The van der Waals surface area contributed by atoms with Crippen LogP contribution in [0.5, 0.6) is 0 Å². The van der Waals surface area contributed by atoms with E-state index < -0.39 is 0 Å². The van der Waals surface area contributed by atoms with E-state index in [4.69, 9.17) is 0 Å². The van der Waals surface area contributed by atoms with Gasteiger partial charge in [0.2, 0.25) is 6.41 Å². The van der Waals surface area contributed by atoms with Gasteiger partial charge in [-0.25, -0.2) is 0 Å². The molecule has 0 bridgehead atoms. The molecule has 0 spiro atoms. The zero-order valence-corrected chi connectivity index (χ0v) is 9.34. The Bertz CT molecular complexity index is 312. The van der Waals surface area contributed by atoms with Crippen molar-refractivity contribution < 1.29 is 4.79 Å². The van der Waals surface area contributed by atoms with Gasteiger partial charge in [0.05, 0.1) is 0 Å². The lowest BCUT2D eigenvalue weighted by Crippen LogP contribution is -2.15. The molecule has 70 valence electrons. The van der Waals surface area contributed by atoms with E-state index in [0.717, 1.165) is 10.9 Å². The summed E-state index contributed by atoms with van der Waals surface area (Å²) >= 11 is 3.40. The molecular weight excluding hydrogens is 230 g/mol. The van der Waals surface area contributed by atoms with Gasteiger partial charge in [-0.3, -0.25) is 4.79 Å². The molecule has 0 aromatic heterocycles. The zero-order chi connectivity index (χ0) is 9.84. The highest BCUT2D eigenvalue weighted by molar-refractivity contribution is 9.10. The normalized spacial score (nSPS) is 9.77. The summed E-state index contributed by atoms with van der Waals surface area (Å²) in [5.74, 6) is 0. The molecule has 0 fully saturated rings. The molecule has 1 amide bonds. The van der Waals surface area contributed by atoms with Gasteiger partial charge in [-0.05, 0) is 30.2 Å². The molecule has 1 aromatic rings. The first-order valence-corrected chi connectivity index (χ1v) is 4.83. The fourth-order valence-electron chi connectivity index (χ4n) is 1.12. The van der Waals surface area contributed by atoms with Gasteiger partial charge in [-0.2, -0.15) is 0 Å². The number of carbonyl (C=O) groups is 1. The van der Waals surface area contributed by atoms with Crippen LogP contribution < -0.4 is 0 Å². The van der Waals surface area contributed by atoms with Crippen molar-refractivity contribution in [3.05, 3.63) is 33.8 Å². The van der Waals surface area contributed by atoms with Crippen LogP contribution in [-0.2, 0) is 11.3 Å². The van der Waals surface area contributed by atoms with Crippen LogP contribution >= 0.6 is 15.9 Å². The van der Waals surface area contributed by atoms with E-state index in [1.54, 1.807) is 11.9 Å². The maximum atomic E-state index is 10.4. The van der Waals surface area contributed by atoms with Gasteiger partial charge in [0.1, 0.15) is 0 Å². The molecule has 0 aliphatic rings. The van der Waals surface area contributed by atoms with Crippen LogP contribution in [0.2, 0.25) is 0 Å². The molecule has 2 nitrogen and oxygen atoms in total. The van der Waals surface area contributed by atoms with Gasteiger partial charge in [0.15, 0.2) is 0 Å². The van der Waals surface area contributed by atoms with Crippen LogP contribution in [-0.4, -0.2) is 18.4 Å². The Hall–Kier alpha value is -0.830. The Morgan fingerprint density at radius 1 is 1.54 bits per heavy atom. The number of aryl methyl sites for hydroxylation is 1. The van der Waals surface area contributed by atoms with E-state index in [9.17, 15) is 4.79 Å². The molecule has 0 saturated carbocycles. The van der Waals surface area contributed by atoms with Crippen molar-refractivity contribution in [2.24, 2.45) is 0 Å². The Balaban J connectivity index is 2.86. The summed E-state index contributed by atoms with van der Waals surface area (Å²) in [6, 6.07) is 6.08. The zero-order valence-electron chi connectivity index (χ0n) is 7.75. The third-order valence-electron chi connectivity index (χ3n) is 1.91.